The van der Waals surface area contributed by atoms with Crippen LogP contribution in [0.3, 0.4) is 0 Å². The SMILES string of the molecule is O=C(O)CN(CCO)C(=O)C1CCC(CNC(=O)OCC2c3ccccc3-c3ccccc32)CC1. The third-order valence-corrected chi connectivity index (χ3v) is 7.08. The average Bonchev–Trinajstić information content (AvgIpc) is 3.19. The molecule has 1 fully saturated rings. The number of hydrogen-bond acceptors (Lipinski definition) is 5. The van der Waals surface area contributed by atoms with E-state index in [1.807, 2.05) is 24.3 Å². The van der Waals surface area contributed by atoms with Gasteiger partial charge in [0.05, 0.1) is 6.61 Å². The average molecular weight is 481 g/mol. The number of carbonyl (C=O) groups excluding carboxylic acids is 2. The fraction of sp³-hybridized carbons (Fsp3) is 0.444. The molecule has 0 radical (unpaired) electrons. The first-order chi connectivity index (χ1) is 17.0. The molecule has 2 amide bonds. The zero-order valence-corrected chi connectivity index (χ0v) is 19.7. The molecule has 0 bridgehead atoms. The maximum atomic E-state index is 12.6. The number of carboxylic acid groups (broad SMARTS) is 1. The smallest absolute Gasteiger partial charge is 0.407 e. The van der Waals surface area contributed by atoms with Crippen molar-refractivity contribution in [3.8, 4) is 11.1 Å². The van der Waals surface area contributed by atoms with Crippen LogP contribution in [-0.4, -0.2) is 65.9 Å². The second-order valence-corrected chi connectivity index (χ2v) is 9.30. The standard InChI is InChI=1S/C27H32N2O6/c30-14-13-29(16-25(31)32)26(33)19-11-9-18(10-12-19)15-28-27(34)35-17-24-22-7-3-1-5-20(22)21-6-2-4-8-23(21)24/h1-8,18-19,24,30H,9-17H2,(H,28,34)(H,31,32). The van der Waals surface area contributed by atoms with Gasteiger partial charge in [0.15, 0.2) is 0 Å². The molecule has 2 aromatic rings. The van der Waals surface area contributed by atoms with Gasteiger partial charge in [0.25, 0.3) is 0 Å². The third kappa shape index (κ3) is 5.82. The summed E-state index contributed by atoms with van der Waals surface area (Å²) in [4.78, 5) is 37.3. The normalized spacial score (nSPS) is 18.9. The van der Waals surface area contributed by atoms with E-state index >= 15 is 0 Å². The highest BCUT2D eigenvalue weighted by atomic mass is 16.5. The van der Waals surface area contributed by atoms with E-state index in [2.05, 4.69) is 29.6 Å². The molecule has 0 unspecified atom stereocenters. The van der Waals surface area contributed by atoms with Crippen LogP contribution in [0.2, 0.25) is 0 Å². The van der Waals surface area contributed by atoms with Gasteiger partial charge in [0.1, 0.15) is 13.2 Å². The Bertz CT molecular complexity index is 1020. The molecule has 2 aliphatic rings. The number of aliphatic hydroxyl groups excluding tert-OH is 1. The zero-order valence-electron chi connectivity index (χ0n) is 19.7. The van der Waals surface area contributed by atoms with Gasteiger partial charge < -0.3 is 25.2 Å². The number of aliphatic hydroxyl groups is 1. The molecule has 0 atom stereocenters. The molecule has 8 nitrogen and oxygen atoms in total. The molecule has 35 heavy (non-hydrogen) atoms. The number of aliphatic carboxylic acids is 1. The fourth-order valence-electron chi connectivity index (χ4n) is 5.30. The minimum absolute atomic E-state index is 0.0160. The Kier molecular flexibility index (Phi) is 8.02. The van der Waals surface area contributed by atoms with E-state index in [4.69, 9.17) is 14.9 Å². The number of carboxylic acids is 1. The second-order valence-electron chi connectivity index (χ2n) is 9.30. The van der Waals surface area contributed by atoms with Gasteiger partial charge in [-0.3, -0.25) is 9.59 Å². The summed E-state index contributed by atoms with van der Waals surface area (Å²) >= 11 is 0. The first kappa shape index (κ1) is 24.7. The molecule has 0 saturated heterocycles. The quantitative estimate of drug-likeness (QED) is 0.507. The van der Waals surface area contributed by atoms with Gasteiger partial charge in [-0.25, -0.2) is 4.79 Å². The van der Waals surface area contributed by atoms with Crippen molar-refractivity contribution < 1.29 is 29.3 Å². The molecule has 0 aliphatic heterocycles. The molecule has 4 rings (SSSR count). The van der Waals surface area contributed by atoms with E-state index in [1.165, 1.54) is 27.2 Å². The zero-order chi connectivity index (χ0) is 24.8. The van der Waals surface area contributed by atoms with Crippen LogP contribution in [-0.2, 0) is 14.3 Å². The molecular weight excluding hydrogens is 448 g/mol. The summed E-state index contributed by atoms with van der Waals surface area (Å²) in [6.07, 6.45) is 2.36. The van der Waals surface area contributed by atoms with Crippen LogP contribution in [0.4, 0.5) is 4.79 Å². The number of alkyl carbamates (subject to hydrolysis) is 1. The Labute approximate surface area is 204 Å². The topological polar surface area (TPSA) is 116 Å². The summed E-state index contributed by atoms with van der Waals surface area (Å²) in [5.41, 5.74) is 4.71. The van der Waals surface area contributed by atoms with Gasteiger partial charge >= 0.3 is 12.1 Å². The first-order valence-corrected chi connectivity index (χ1v) is 12.2. The van der Waals surface area contributed by atoms with Crippen molar-refractivity contribution in [2.45, 2.75) is 31.6 Å². The predicted molar refractivity (Wildman–Crippen MR) is 130 cm³/mol. The summed E-state index contributed by atoms with van der Waals surface area (Å²) in [5, 5.41) is 21.0. The maximum absolute atomic E-state index is 12.6. The Hall–Kier alpha value is -3.39. The van der Waals surface area contributed by atoms with E-state index in [-0.39, 0.29) is 43.4 Å². The Morgan fingerprint density at radius 3 is 2.11 bits per heavy atom. The minimum atomic E-state index is -1.09. The number of nitrogens with one attached hydrogen (secondary N) is 1. The number of rotatable bonds is 9. The van der Waals surface area contributed by atoms with Gasteiger partial charge in [-0.2, -0.15) is 0 Å². The number of carbonyl (C=O) groups is 3. The van der Waals surface area contributed by atoms with E-state index in [9.17, 15) is 14.4 Å². The lowest BCUT2D eigenvalue weighted by molar-refractivity contribution is -0.147. The number of nitrogens with zero attached hydrogens (tertiary/aromatic N) is 1. The lowest BCUT2D eigenvalue weighted by Crippen LogP contribution is -2.42. The van der Waals surface area contributed by atoms with E-state index < -0.39 is 18.6 Å². The van der Waals surface area contributed by atoms with Crippen LogP contribution in [0.5, 0.6) is 0 Å². The molecular formula is C27H32N2O6. The highest BCUT2D eigenvalue weighted by Gasteiger charge is 2.31. The minimum Gasteiger partial charge on any atom is -0.480 e. The van der Waals surface area contributed by atoms with Crippen LogP contribution >= 0.6 is 0 Å². The molecule has 1 saturated carbocycles. The molecule has 8 heteroatoms. The predicted octanol–water partition coefficient (Wildman–Crippen LogP) is 3.24. The molecule has 0 aromatic heterocycles. The van der Waals surface area contributed by atoms with Gasteiger partial charge in [0, 0.05) is 24.9 Å². The molecule has 3 N–H and O–H groups in total. The van der Waals surface area contributed by atoms with Gasteiger partial charge in [-0.1, -0.05) is 48.5 Å². The van der Waals surface area contributed by atoms with Gasteiger partial charge in [0.2, 0.25) is 5.91 Å². The number of hydrogen-bond donors (Lipinski definition) is 3. The lowest BCUT2D eigenvalue weighted by atomic mass is 9.81. The van der Waals surface area contributed by atoms with Crippen molar-refractivity contribution in [1.29, 1.82) is 0 Å². The van der Waals surface area contributed by atoms with Crippen molar-refractivity contribution in [1.82, 2.24) is 10.2 Å². The number of amides is 2. The van der Waals surface area contributed by atoms with E-state index in [0.717, 1.165) is 12.8 Å². The summed E-state index contributed by atoms with van der Waals surface area (Å²) < 4.78 is 5.60. The summed E-state index contributed by atoms with van der Waals surface area (Å²) in [7, 11) is 0. The van der Waals surface area contributed by atoms with Gasteiger partial charge in [-0.15, -0.1) is 0 Å². The van der Waals surface area contributed by atoms with Crippen LogP contribution < -0.4 is 5.32 Å². The molecule has 0 heterocycles. The van der Waals surface area contributed by atoms with Crippen molar-refractivity contribution in [3.05, 3.63) is 59.7 Å². The highest BCUT2D eigenvalue weighted by Crippen LogP contribution is 2.44. The summed E-state index contributed by atoms with van der Waals surface area (Å²) in [6.45, 7) is 0.105. The number of ether oxygens (including phenoxy) is 1. The molecule has 2 aromatic carbocycles. The molecule has 186 valence electrons. The maximum Gasteiger partial charge on any atom is 0.407 e. The van der Waals surface area contributed by atoms with Gasteiger partial charge in [-0.05, 0) is 53.9 Å². The van der Waals surface area contributed by atoms with Crippen molar-refractivity contribution in [2.24, 2.45) is 11.8 Å². The number of benzene rings is 2. The van der Waals surface area contributed by atoms with Crippen LogP contribution in [0.1, 0.15) is 42.7 Å². The highest BCUT2D eigenvalue weighted by molar-refractivity contribution is 5.83. The van der Waals surface area contributed by atoms with Crippen molar-refractivity contribution in [2.75, 3.05) is 32.8 Å². The molecule has 0 spiro atoms. The first-order valence-electron chi connectivity index (χ1n) is 12.2. The van der Waals surface area contributed by atoms with E-state index in [1.54, 1.807) is 0 Å². The van der Waals surface area contributed by atoms with Crippen LogP contribution in [0.15, 0.2) is 48.5 Å². The van der Waals surface area contributed by atoms with Crippen molar-refractivity contribution in [3.63, 3.8) is 0 Å². The van der Waals surface area contributed by atoms with Crippen LogP contribution in [0, 0.1) is 11.8 Å². The number of fused-ring (bicyclic) bond motifs is 3. The Morgan fingerprint density at radius 1 is 0.943 bits per heavy atom. The molecule has 2 aliphatic carbocycles. The largest absolute Gasteiger partial charge is 0.480 e. The second kappa shape index (κ2) is 11.4. The van der Waals surface area contributed by atoms with Crippen LogP contribution in [0.25, 0.3) is 11.1 Å². The summed E-state index contributed by atoms with van der Waals surface area (Å²) in [6, 6.07) is 16.4. The monoisotopic (exact) mass is 480 g/mol. The Balaban J connectivity index is 1.23. The third-order valence-electron chi connectivity index (χ3n) is 7.08. The van der Waals surface area contributed by atoms with Crippen molar-refractivity contribution >= 4 is 18.0 Å². The lowest BCUT2D eigenvalue weighted by Gasteiger charge is -2.31. The van der Waals surface area contributed by atoms with E-state index in [0.29, 0.717) is 19.4 Å². The fourth-order valence-corrected chi connectivity index (χ4v) is 5.30. The Morgan fingerprint density at radius 2 is 1.54 bits per heavy atom. The summed E-state index contributed by atoms with van der Waals surface area (Å²) in [5.74, 6) is -1.30.